The zero-order chi connectivity index (χ0) is 9.97. The van der Waals surface area contributed by atoms with Crippen molar-refractivity contribution in [1.82, 2.24) is 10.2 Å². The molecule has 3 nitrogen and oxygen atoms in total. The van der Waals surface area contributed by atoms with Gasteiger partial charge in [0.15, 0.2) is 0 Å². The molecular weight excluding hydrogens is 196 g/mol. The van der Waals surface area contributed by atoms with Crippen LogP contribution >= 0.6 is 11.8 Å². The molecule has 4 heteroatoms. The van der Waals surface area contributed by atoms with Gasteiger partial charge < -0.3 is 10.2 Å². The van der Waals surface area contributed by atoms with Gasteiger partial charge in [-0.15, -0.1) is 11.8 Å². The number of rotatable bonds is 3. The Hall–Kier alpha value is -0.220. The standard InChI is InChI=1S/C10H18N2OS/c1-2-12(8-6-11-7-8)10(13)9-4-3-5-14-9/h8-9,11H,2-7H2,1H3. The third kappa shape index (κ3) is 1.91. The van der Waals surface area contributed by atoms with Gasteiger partial charge in [0.25, 0.3) is 0 Å². The fourth-order valence-electron chi connectivity index (χ4n) is 2.05. The molecule has 0 aromatic heterocycles. The maximum atomic E-state index is 12.1. The van der Waals surface area contributed by atoms with Crippen LogP contribution in [-0.4, -0.2) is 47.5 Å². The quantitative estimate of drug-likeness (QED) is 0.750. The van der Waals surface area contributed by atoms with Gasteiger partial charge in [-0.05, 0) is 25.5 Å². The molecule has 0 radical (unpaired) electrons. The van der Waals surface area contributed by atoms with Crippen molar-refractivity contribution in [1.29, 1.82) is 0 Å². The summed E-state index contributed by atoms with van der Waals surface area (Å²) < 4.78 is 0. The van der Waals surface area contributed by atoms with E-state index in [0.717, 1.165) is 31.8 Å². The van der Waals surface area contributed by atoms with E-state index in [4.69, 9.17) is 0 Å². The molecule has 2 heterocycles. The minimum absolute atomic E-state index is 0.260. The zero-order valence-electron chi connectivity index (χ0n) is 8.66. The molecule has 1 unspecified atom stereocenters. The second kappa shape index (κ2) is 4.53. The number of nitrogens with zero attached hydrogens (tertiary/aromatic N) is 1. The van der Waals surface area contributed by atoms with Crippen molar-refractivity contribution in [2.24, 2.45) is 0 Å². The highest BCUT2D eigenvalue weighted by atomic mass is 32.2. The fourth-order valence-corrected chi connectivity index (χ4v) is 3.27. The molecule has 0 saturated carbocycles. The number of thioether (sulfide) groups is 1. The molecule has 2 aliphatic heterocycles. The molecular formula is C10H18N2OS. The smallest absolute Gasteiger partial charge is 0.236 e. The first-order valence-electron chi connectivity index (χ1n) is 5.45. The van der Waals surface area contributed by atoms with Gasteiger partial charge in [0.2, 0.25) is 5.91 Å². The van der Waals surface area contributed by atoms with Crippen LogP contribution in [0.4, 0.5) is 0 Å². The average Bonchev–Trinajstić information content (AvgIpc) is 2.62. The number of nitrogens with one attached hydrogen (secondary N) is 1. The lowest BCUT2D eigenvalue weighted by Crippen LogP contribution is -2.60. The zero-order valence-corrected chi connectivity index (χ0v) is 9.48. The van der Waals surface area contributed by atoms with E-state index in [2.05, 4.69) is 17.1 Å². The van der Waals surface area contributed by atoms with Crippen LogP contribution in [0.2, 0.25) is 0 Å². The Labute approximate surface area is 89.6 Å². The monoisotopic (exact) mass is 214 g/mol. The van der Waals surface area contributed by atoms with Crippen molar-refractivity contribution in [2.45, 2.75) is 31.1 Å². The first-order chi connectivity index (χ1) is 6.83. The third-order valence-corrected chi connectivity index (χ3v) is 4.39. The Kier molecular flexibility index (Phi) is 3.34. The van der Waals surface area contributed by atoms with Crippen LogP contribution in [0.3, 0.4) is 0 Å². The Bertz CT molecular complexity index is 212. The minimum Gasteiger partial charge on any atom is -0.336 e. The molecule has 1 atom stereocenters. The summed E-state index contributed by atoms with van der Waals surface area (Å²) in [6.07, 6.45) is 2.29. The number of carbonyl (C=O) groups is 1. The Morgan fingerprint density at radius 1 is 1.57 bits per heavy atom. The van der Waals surface area contributed by atoms with E-state index in [9.17, 15) is 4.79 Å². The van der Waals surface area contributed by atoms with E-state index >= 15 is 0 Å². The molecule has 0 aromatic rings. The minimum atomic E-state index is 0.260. The predicted molar refractivity (Wildman–Crippen MR) is 59.5 cm³/mol. The first kappa shape index (κ1) is 10.3. The SMILES string of the molecule is CCN(C(=O)C1CCCS1)C1CNC1. The van der Waals surface area contributed by atoms with Crippen molar-refractivity contribution in [3.8, 4) is 0 Å². The lowest BCUT2D eigenvalue weighted by Gasteiger charge is -2.38. The molecule has 0 aliphatic carbocycles. The second-order valence-electron chi connectivity index (χ2n) is 3.94. The van der Waals surface area contributed by atoms with Crippen molar-refractivity contribution in [3.63, 3.8) is 0 Å². The fraction of sp³-hybridized carbons (Fsp3) is 0.900. The van der Waals surface area contributed by atoms with E-state index in [1.807, 2.05) is 11.8 Å². The first-order valence-corrected chi connectivity index (χ1v) is 6.50. The van der Waals surface area contributed by atoms with E-state index in [0.29, 0.717) is 11.9 Å². The molecule has 0 bridgehead atoms. The maximum absolute atomic E-state index is 12.1. The molecule has 2 aliphatic rings. The van der Waals surface area contributed by atoms with Gasteiger partial charge in [0, 0.05) is 19.6 Å². The van der Waals surface area contributed by atoms with E-state index < -0.39 is 0 Å². The number of hydrogen-bond acceptors (Lipinski definition) is 3. The van der Waals surface area contributed by atoms with Gasteiger partial charge >= 0.3 is 0 Å². The van der Waals surface area contributed by atoms with Crippen LogP contribution in [0, 0.1) is 0 Å². The summed E-state index contributed by atoms with van der Waals surface area (Å²) in [6, 6.07) is 0.466. The third-order valence-electron chi connectivity index (χ3n) is 3.03. The van der Waals surface area contributed by atoms with Gasteiger partial charge in [0.1, 0.15) is 0 Å². The highest BCUT2D eigenvalue weighted by molar-refractivity contribution is 8.00. The average molecular weight is 214 g/mol. The van der Waals surface area contributed by atoms with Crippen molar-refractivity contribution in [2.75, 3.05) is 25.4 Å². The second-order valence-corrected chi connectivity index (χ2v) is 5.25. The Morgan fingerprint density at radius 3 is 2.79 bits per heavy atom. The van der Waals surface area contributed by atoms with Gasteiger partial charge in [-0.3, -0.25) is 4.79 Å². The van der Waals surface area contributed by atoms with Gasteiger partial charge in [-0.2, -0.15) is 0 Å². The van der Waals surface area contributed by atoms with E-state index in [-0.39, 0.29) is 5.25 Å². The van der Waals surface area contributed by atoms with Crippen molar-refractivity contribution >= 4 is 17.7 Å². The van der Waals surface area contributed by atoms with E-state index in [1.165, 1.54) is 6.42 Å². The van der Waals surface area contributed by atoms with Crippen LogP contribution in [0.5, 0.6) is 0 Å². The number of amides is 1. The summed E-state index contributed by atoms with van der Waals surface area (Å²) in [5, 5.41) is 3.48. The molecule has 2 fully saturated rings. The maximum Gasteiger partial charge on any atom is 0.236 e. The van der Waals surface area contributed by atoms with Gasteiger partial charge in [0.05, 0.1) is 11.3 Å². The molecule has 2 rings (SSSR count). The molecule has 80 valence electrons. The van der Waals surface area contributed by atoms with Crippen LogP contribution < -0.4 is 5.32 Å². The molecule has 0 spiro atoms. The summed E-state index contributed by atoms with van der Waals surface area (Å²) in [6.45, 7) is 4.91. The summed E-state index contributed by atoms with van der Waals surface area (Å²) in [4.78, 5) is 14.1. The summed E-state index contributed by atoms with van der Waals surface area (Å²) in [5.41, 5.74) is 0. The molecule has 14 heavy (non-hydrogen) atoms. The van der Waals surface area contributed by atoms with Gasteiger partial charge in [-0.1, -0.05) is 0 Å². The highest BCUT2D eigenvalue weighted by Gasteiger charge is 2.33. The summed E-state index contributed by atoms with van der Waals surface area (Å²) in [7, 11) is 0. The highest BCUT2D eigenvalue weighted by Crippen LogP contribution is 2.28. The number of hydrogen-bond donors (Lipinski definition) is 1. The molecule has 0 aromatic carbocycles. The Morgan fingerprint density at radius 2 is 2.36 bits per heavy atom. The largest absolute Gasteiger partial charge is 0.336 e. The van der Waals surface area contributed by atoms with Crippen molar-refractivity contribution < 1.29 is 4.79 Å². The Balaban J connectivity index is 1.92. The summed E-state index contributed by atoms with van der Waals surface area (Å²) >= 11 is 1.83. The molecule has 1 N–H and O–H groups in total. The van der Waals surface area contributed by atoms with Crippen LogP contribution in [-0.2, 0) is 4.79 Å². The topological polar surface area (TPSA) is 32.3 Å². The van der Waals surface area contributed by atoms with Crippen LogP contribution in [0.1, 0.15) is 19.8 Å². The van der Waals surface area contributed by atoms with Crippen LogP contribution in [0.25, 0.3) is 0 Å². The van der Waals surface area contributed by atoms with Crippen LogP contribution in [0.15, 0.2) is 0 Å². The van der Waals surface area contributed by atoms with E-state index in [1.54, 1.807) is 0 Å². The summed E-state index contributed by atoms with van der Waals surface area (Å²) in [5.74, 6) is 1.54. The lowest BCUT2D eigenvalue weighted by molar-refractivity contribution is -0.133. The molecule has 2 saturated heterocycles. The lowest BCUT2D eigenvalue weighted by atomic mass is 10.1. The van der Waals surface area contributed by atoms with Crippen molar-refractivity contribution in [3.05, 3.63) is 0 Å². The van der Waals surface area contributed by atoms with Gasteiger partial charge in [-0.25, -0.2) is 0 Å². The number of likely N-dealkylation sites (N-methyl/N-ethyl adjacent to an activating group) is 1. The number of carbonyl (C=O) groups excluding carboxylic acids is 1. The normalized spacial score (nSPS) is 27.4. The predicted octanol–water partition coefficient (Wildman–Crippen LogP) is 0.702. The molecule has 1 amide bonds.